The van der Waals surface area contributed by atoms with Gasteiger partial charge in [-0.3, -0.25) is 0 Å². The minimum Gasteiger partial charge on any atom is -0.374 e. The highest BCUT2D eigenvalue weighted by Crippen LogP contribution is 2.21. The molecule has 0 saturated heterocycles. The number of ether oxygens (including phenoxy) is 1. The van der Waals surface area contributed by atoms with Crippen molar-refractivity contribution in [3.8, 4) is 0 Å². The zero-order valence-corrected chi connectivity index (χ0v) is 9.05. The van der Waals surface area contributed by atoms with Crippen LogP contribution in [0.5, 0.6) is 0 Å². The zero-order valence-electron chi connectivity index (χ0n) is 8.16. The summed E-state index contributed by atoms with van der Waals surface area (Å²) < 4.78 is 5.59. The third-order valence-corrected chi connectivity index (χ3v) is 2.30. The van der Waals surface area contributed by atoms with E-state index in [0.717, 1.165) is 17.9 Å². The highest BCUT2D eigenvalue weighted by atomic mass is 32.1. The Hall–Kier alpha value is -0.470. The van der Waals surface area contributed by atoms with Crippen LogP contribution < -0.4 is 0 Å². The zero-order chi connectivity index (χ0) is 9.68. The summed E-state index contributed by atoms with van der Waals surface area (Å²) in [6.07, 6.45) is 1.25. The SMILES string of the molecule is CCO[C@@H](CC)c1ccc(S)cc1. The van der Waals surface area contributed by atoms with Gasteiger partial charge in [0, 0.05) is 11.5 Å². The molecule has 0 bridgehead atoms. The average Bonchev–Trinajstić information content (AvgIpc) is 2.16. The van der Waals surface area contributed by atoms with Gasteiger partial charge in [-0.25, -0.2) is 0 Å². The number of thiol groups is 1. The van der Waals surface area contributed by atoms with Gasteiger partial charge in [0.15, 0.2) is 0 Å². The van der Waals surface area contributed by atoms with Crippen molar-refractivity contribution in [2.75, 3.05) is 6.61 Å². The maximum atomic E-state index is 5.59. The fraction of sp³-hybridized carbons (Fsp3) is 0.455. The molecular weight excluding hydrogens is 180 g/mol. The van der Waals surface area contributed by atoms with Crippen molar-refractivity contribution in [2.24, 2.45) is 0 Å². The van der Waals surface area contributed by atoms with Crippen molar-refractivity contribution in [2.45, 2.75) is 31.3 Å². The minimum absolute atomic E-state index is 0.235. The molecule has 0 spiro atoms. The lowest BCUT2D eigenvalue weighted by Gasteiger charge is -2.15. The number of benzene rings is 1. The van der Waals surface area contributed by atoms with Gasteiger partial charge in [-0.2, -0.15) is 0 Å². The lowest BCUT2D eigenvalue weighted by Crippen LogP contribution is -2.02. The molecule has 0 heterocycles. The van der Waals surface area contributed by atoms with Crippen LogP contribution in [0.25, 0.3) is 0 Å². The van der Waals surface area contributed by atoms with E-state index in [-0.39, 0.29) is 6.10 Å². The summed E-state index contributed by atoms with van der Waals surface area (Å²) in [6.45, 7) is 4.92. The highest BCUT2D eigenvalue weighted by Gasteiger charge is 2.07. The second-order valence-corrected chi connectivity index (χ2v) is 3.46. The van der Waals surface area contributed by atoms with E-state index in [4.69, 9.17) is 4.74 Å². The van der Waals surface area contributed by atoms with Crippen LogP contribution in [0.3, 0.4) is 0 Å². The molecule has 0 aromatic heterocycles. The quantitative estimate of drug-likeness (QED) is 0.725. The van der Waals surface area contributed by atoms with Gasteiger partial charge in [-0.05, 0) is 31.0 Å². The van der Waals surface area contributed by atoms with Gasteiger partial charge in [0.05, 0.1) is 6.10 Å². The third-order valence-electron chi connectivity index (χ3n) is 2.00. The Morgan fingerprint density at radius 1 is 1.23 bits per heavy atom. The first-order valence-electron chi connectivity index (χ1n) is 4.68. The fourth-order valence-corrected chi connectivity index (χ4v) is 1.49. The van der Waals surface area contributed by atoms with E-state index < -0.39 is 0 Å². The van der Waals surface area contributed by atoms with Gasteiger partial charge in [0.1, 0.15) is 0 Å². The Bertz CT molecular complexity index is 243. The van der Waals surface area contributed by atoms with E-state index in [1.54, 1.807) is 0 Å². The van der Waals surface area contributed by atoms with Crippen LogP contribution in [0.4, 0.5) is 0 Å². The molecule has 1 aromatic carbocycles. The smallest absolute Gasteiger partial charge is 0.0822 e. The van der Waals surface area contributed by atoms with Crippen LogP contribution in [0, 0.1) is 0 Å². The molecule has 1 rings (SSSR count). The first-order chi connectivity index (χ1) is 6.27. The third kappa shape index (κ3) is 3.05. The van der Waals surface area contributed by atoms with Crippen LogP contribution in [-0.4, -0.2) is 6.61 Å². The van der Waals surface area contributed by atoms with Crippen molar-refractivity contribution in [1.29, 1.82) is 0 Å². The second kappa shape index (κ2) is 5.30. The van der Waals surface area contributed by atoms with E-state index in [9.17, 15) is 0 Å². The van der Waals surface area contributed by atoms with Gasteiger partial charge in [-0.1, -0.05) is 19.1 Å². The predicted octanol–water partition coefficient (Wildman–Crippen LogP) is 3.46. The Kier molecular flexibility index (Phi) is 4.33. The largest absolute Gasteiger partial charge is 0.374 e. The minimum atomic E-state index is 0.235. The maximum absolute atomic E-state index is 5.59. The molecule has 0 saturated carbocycles. The van der Waals surface area contributed by atoms with Crippen LogP contribution in [0.1, 0.15) is 31.9 Å². The van der Waals surface area contributed by atoms with E-state index in [1.807, 2.05) is 19.1 Å². The van der Waals surface area contributed by atoms with Crippen LogP contribution in [-0.2, 0) is 4.74 Å². The van der Waals surface area contributed by atoms with Crippen molar-refractivity contribution < 1.29 is 4.74 Å². The first-order valence-corrected chi connectivity index (χ1v) is 5.13. The van der Waals surface area contributed by atoms with Gasteiger partial charge < -0.3 is 4.74 Å². The molecule has 0 radical (unpaired) electrons. The van der Waals surface area contributed by atoms with Crippen molar-refractivity contribution in [3.05, 3.63) is 29.8 Å². The molecule has 0 N–H and O–H groups in total. The van der Waals surface area contributed by atoms with Gasteiger partial charge in [-0.15, -0.1) is 12.6 Å². The second-order valence-electron chi connectivity index (χ2n) is 2.94. The monoisotopic (exact) mass is 196 g/mol. The topological polar surface area (TPSA) is 9.23 Å². The summed E-state index contributed by atoms with van der Waals surface area (Å²) in [5, 5.41) is 0. The van der Waals surface area contributed by atoms with E-state index >= 15 is 0 Å². The average molecular weight is 196 g/mol. The summed E-state index contributed by atoms with van der Waals surface area (Å²) in [6, 6.07) is 8.15. The summed E-state index contributed by atoms with van der Waals surface area (Å²) in [5.74, 6) is 0. The summed E-state index contributed by atoms with van der Waals surface area (Å²) in [5.41, 5.74) is 1.24. The molecule has 0 aliphatic heterocycles. The van der Waals surface area contributed by atoms with Crippen molar-refractivity contribution in [1.82, 2.24) is 0 Å². The van der Waals surface area contributed by atoms with Crippen molar-refractivity contribution >= 4 is 12.6 Å². The Morgan fingerprint density at radius 2 is 1.85 bits per heavy atom. The van der Waals surface area contributed by atoms with Gasteiger partial charge in [0.25, 0.3) is 0 Å². The molecule has 2 heteroatoms. The first kappa shape index (κ1) is 10.6. The molecule has 72 valence electrons. The Labute approximate surface area is 85.5 Å². The summed E-state index contributed by atoms with van der Waals surface area (Å²) in [7, 11) is 0. The molecule has 0 unspecified atom stereocenters. The highest BCUT2D eigenvalue weighted by molar-refractivity contribution is 7.80. The van der Waals surface area contributed by atoms with Crippen LogP contribution in [0.2, 0.25) is 0 Å². The fourth-order valence-electron chi connectivity index (χ4n) is 1.34. The van der Waals surface area contributed by atoms with E-state index in [2.05, 4.69) is 31.7 Å². The molecule has 0 aliphatic carbocycles. The van der Waals surface area contributed by atoms with E-state index in [0.29, 0.717) is 0 Å². The summed E-state index contributed by atoms with van der Waals surface area (Å²) >= 11 is 4.24. The molecule has 0 fully saturated rings. The molecule has 0 aliphatic rings. The Balaban J connectivity index is 2.73. The van der Waals surface area contributed by atoms with Gasteiger partial charge in [0.2, 0.25) is 0 Å². The number of hydrogen-bond donors (Lipinski definition) is 1. The van der Waals surface area contributed by atoms with Crippen LogP contribution >= 0.6 is 12.6 Å². The lowest BCUT2D eigenvalue weighted by atomic mass is 10.1. The maximum Gasteiger partial charge on any atom is 0.0822 e. The number of rotatable bonds is 4. The molecule has 0 amide bonds. The number of hydrogen-bond acceptors (Lipinski definition) is 2. The van der Waals surface area contributed by atoms with Crippen LogP contribution in [0.15, 0.2) is 29.2 Å². The van der Waals surface area contributed by atoms with Gasteiger partial charge >= 0.3 is 0 Å². The van der Waals surface area contributed by atoms with E-state index in [1.165, 1.54) is 5.56 Å². The summed E-state index contributed by atoms with van der Waals surface area (Å²) in [4.78, 5) is 0.995. The standard InChI is InChI=1S/C11H16OS/c1-3-11(12-4-2)9-5-7-10(13)8-6-9/h5-8,11,13H,3-4H2,1-2H3/t11-/m0/s1. The predicted molar refractivity (Wildman–Crippen MR) is 58.4 cm³/mol. The normalized spacial score (nSPS) is 12.8. The molecular formula is C11H16OS. The molecule has 13 heavy (non-hydrogen) atoms. The van der Waals surface area contributed by atoms with Crippen molar-refractivity contribution in [3.63, 3.8) is 0 Å². The Morgan fingerprint density at radius 3 is 2.31 bits per heavy atom. The molecule has 1 nitrogen and oxygen atoms in total. The molecule has 1 aromatic rings. The molecule has 1 atom stereocenters. The lowest BCUT2D eigenvalue weighted by molar-refractivity contribution is 0.0598.